The summed E-state index contributed by atoms with van der Waals surface area (Å²) in [6.45, 7) is 0. The lowest BCUT2D eigenvalue weighted by Crippen LogP contribution is -1.93. The van der Waals surface area contributed by atoms with Crippen molar-refractivity contribution in [3.8, 4) is 22.6 Å². The van der Waals surface area contributed by atoms with Gasteiger partial charge >= 0.3 is 0 Å². The number of hydrogen-bond acceptors (Lipinski definition) is 4. The van der Waals surface area contributed by atoms with Gasteiger partial charge in [0.2, 0.25) is 0 Å². The van der Waals surface area contributed by atoms with Gasteiger partial charge in [0, 0.05) is 11.6 Å². The molecule has 0 aliphatic heterocycles. The molecular formula is C14H11Cl2N3O2. The summed E-state index contributed by atoms with van der Waals surface area (Å²) in [5.74, 6) is 1.28. The van der Waals surface area contributed by atoms with Gasteiger partial charge < -0.3 is 9.47 Å². The minimum atomic E-state index is 0.315. The fourth-order valence-electron chi connectivity index (χ4n) is 2.11. The number of fused-ring (bicyclic) bond motifs is 1. The van der Waals surface area contributed by atoms with Crippen LogP contribution in [0.3, 0.4) is 0 Å². The number of benzene rings is 1. The fourth-order valence-corrected chi connectivity index (χ4v) is 2.57. The molecule has 0 radical (unpaired) electrons. The molecule has 0 amide bonds. The van der Waals surface area contributed by atoms with Gasteiger partial charge in [-0.1, -0.05) is 29.3 Å². The molecule has 7 heteroatoms. The van der Waals surface area contributed by atoms with Gasteiger partial charge in [0.05, 0.1) is 20.4 Å². The van der Waals surface area contributed by atoms with Crippen molar-refractivity contribution >= 4 is 28.8 Å². The van der Waals surface area contributed by atoms with Crippen LogP contribution in [-0.2, 0) is 0 Å². The van der Waals surface area contributed by atoms with Crippen molar-refractivity contribution in [2.45, 2.75) is 0 Å². The van der Waals surface area contributed by atoms with Gasteiger partial charge in [0.15, 0.2) is 17.1 Å². The average Bonchev–Trinajstić information content (AvgIpc) is 2.90. The molecule has 0 unspecified atom stereocenters. The van der Waals surface area contributed by atoms with Crippen LogP contribution in [0.15, 0.2) is 30.5 Å². The molecule has 0 aliphatic carbocycles. The van der Waals surface area contributed by atoms with Crippen LogP contribution < -0.4 is 9.47 Å². The molecule has 3 rings (SSSR count). The van der Waals surface area contributed by atoms with E-state index in [1.807, 2.05) is 18.2 Å². The molecule has 108 valence electrons. The molecule has 2 heterocycles. The maximum atomic E-state index is 6.10. The van der Waals surface area contributed by atoms with E-state index in [0.29, 0.717) is 27.5 Å². The van der Waals surface area contributed by atoms with E-state index in [4.69, 9.17) is 32.7 Å². The SMILES string of the molecule is COc1ccc(-c2cnn3c(Cl)cc(Cl)nc23)cc1OC. The number of rotatable bonds is 3. The van der Waals surface area contributed by atoms with E-state index in [2.05, 4.69) is 10.1 Å². The lowest BCUT2D eigenvalue weighted by molar-refractivity contribution is 0.355. The number of aromatic nitrogens is 3. The average molecular weight is 324 g/mol. The summed E-state index contributed by atoms with van der Waals surface area (Å²) < 4.78 is 12.1. The summed E-state index contributed by atoms with van der Waals surface area (Å²) in [6, 6.07) is 7.12. The summed E-state index contributed by atoms with van der Waals surface area (Å²) in [7, 11) is 3.18. The summed E-state index contributed by atoms with van der Waals surface area (Å²) in [6.07, 6.45) is 1.69. The van der Waals surface area contributed by atoms with Crippen LogP contribution >= 0.6 is 23.2 Å². The molecule has 0 aliphatic rings. The molecule has 0 bridgehead atoms. The zero-order valence-corrected chi connectivity index (χ0v) is 12.8. The molecule has 0 N–H and O–H groups in total. The Labute approximate surface area is 131 Å². The number of hydrogen-bond donors (Lipinski definition) is 0. The second-order valence-corrected chi connectivity index (χ2v) is 5.04. The molecule has 2 aromatic heterocycles. The van der Waals surface area contributed by atoms with Crippen LogP contribution in [0.2, 0.25) is 10.3 Å². The van der Waals surface area contributed by atoms with E-state index in [1.54, 1.807) is 26.5 Å². The van der Waals surface area contributed by atoms with Crippen LogP contribution in [0.4, 0.5) is 0 Å². The lowest BCUT2D eigenvalue weighted by atomic mass is 10.1. The first-order valence-electron chi connectivity index (χ1n) is 6.06. The van der Waals surface area contributed by atoms with E-state index in [1.165, 1.54) is 4.52 Å². The monoisotopic (exact) mass is 323 g/mol. The summed E-state index contributed by atoms with van der Waals surface area (Å²) in [5.41, 5.74) is 2.27. The first-order valence-corrected chi connectivity index (χ1v) is 6.82. The maximum Gasteiger partial charge on any atom is 0.166 e. The van der Waals surface area contributed by atoms with Crippen LogP contribution in [-0.4, -0.2) is 28.8 Å². The predicted octanol–water partition coefficient (Wildman–Crippen LogP) is 3.72. The number of ether oxygens (including phenoxy) is 2. The third kappa shape index (κ3) is 2.39. The summed E-state index contributed by atoms with van der Waals surface area (Å²) in [4.78, 5) is 4.28. The molecular weight excluding hydrogens is 313 g/mol. The Kier molecular flexibility index (Phi) is 3.61. The number of methoxy groups -OCH3 is 2. The highest BCUT2D eigenvalue weighted by atomic mass is 35.5. The Balaban J connectivity index is 2.21. The number of nitrogens with zero attached hydrogens (tertiary/aromatic N) is 3. The van der Waals surface area contributed by atoms with Gasteiger partial charge in [-0.2, -0.15) is 5.10 Å². The highest BCUT2D eigenvalue weighted by Crippen LogP contribution is 2.34. The Morgan fingerprint density at radius 2 is 1.81 bits per heavy atom. The first-order chi connectivity index (χ1) is 10.1. The molecule has 0 saturated carbocycles. The van der Waals surface area contributed by atoms with Crippen LogP contribution in [0, 0.1) is 0 Å². The molecule has 0 fully saturated rings. The standard InChI is InChI=1S/C14H11Cl2N3O2/c1-20-10-4-3-8(5-11(10)21-2)9-7-17-19-13(16)6-12(15)18-14(9)19/h3-7H,1-2H3. The van der Waals surface area contributed by atoms with Crippen LogP contribution in [0.1, 0.15) is 0 Å². The molecule has 0 atom stereocenters. The Hall–Kier alpha value is -1.98. The highest BCUT2D eigenvalue weighted by Gasteiger charge is 2.13. The second kappa shape index (κ2) is 5.42. The molecule has 1 aromatic carbocycles. The Morgan fingerprint density at radius 1 is 1.05 bits per heavy atom. The van der Waals surface area contributed by atoms with Gasteiger partial charge in [0.25, 0.3) is 0 Å². The molecule has 21 heavy (non-hydrogen) atoms. The Bertz CT molecular complexity index is 817. The minimum absolute atomic E-state index is 0.315. The van der Waals surface area contributed by atoms with E-state index in [-0.39, 0.29) is 0 Å². The number of halogens is 2. The van der Waals surface area contributed by atoms with E-state index in [0.717, 1.165) is 11.1 Å². The quantitative estimate of drug-likeness (QED) is 0.689. The van der Waals surface area contributed by atoms with E-state index in [9.17, 15) is 0 Å². The van der Waals surface area contributed by atoms with Crippen LogP contribution in [0.25, 0.3) is 16.8 Å². The van der Waals surface area contributed by atoms with Gasteiger partial charge in [-0.15, -0.1) is 0 Å². The molecule has 3 aromatic rings. The largest absolute Gasteiger partial charge is 0.493 e. The zero-order chi connectivity index (χ0) is 15.0. The van der Waals surface area contributed by atoms with Gasteiger partial charge in [-0.25, -0.2) is 9.50 Å². The molecule has 5 nitrogen and oxygen atoms in total. The first kappa shape index (κ1) is 14.0. The van der Waals surface area contributed by atoms with E-state index >= 15 is 0 Å². The third-order valence-electron chi connectivity index (χ3n) is 3.09. The predicted molar refractivity (Wildman–Crippen MR) is 81.5 cm³/mol. The second-order valence-electron chi connectivity index (χ2n) is 4.27. The summed E-state index contributed by atoms with van der Waals surface area (Å²) >= 11 is 12.1. The van der Waals surface area contributed by atoms with Crippen molar-refractivity contribution in [1.29, 1.82) is 0 Å². The van der Waals surface area contributed by atoms with Crippen molar-refractivity contribution < 1.29 is 9.47 Å². The highest BCUT2D eigenvalue weighted by molar-refractivity contribution is 6.33. The van der Waals surface area contributed by atoms with Gasteiger partial charge in [-0.3, -0.25) is 0 Å². The van der Waals surface area contributed by atoms with Crippen molar-refractivity contribution in [3.63, 3.8) is 0 Å². The topological polar surface area (TPSA) is 48.7 Å². The van der Waals surface area contributed by atoms with Gasteiger partial charge in [-0.05, 0) is 17.7 Å². The minimum Gasteiger partial charge on any atom is -0.493 e. The molecule has 0 saturated heterocycles. The lowest BCUT2D eigenvalue weighted by Gasteiger charge is -2.09. The van der Waals surface area contributed by atoms with Gasteiger partial charge in [0.1, 0.15) is 10.3 Å². The van der Waals surface area contributed by atoms with Crippen LogP contribution in [0.5, 0.6) is 11.5 Å². The Morgan fingerprint density at radius 3 is 2.52 bits per heavy atom. The summed E-state index contributed by atoms with van der Waals surface area (Å²) in [5, 5.41) is 4.94. The van der Waals surface area contributed by atoms with Crippen molar-refractivity contribution in [1.82, 2.24) is 14.6 Å². The third-order valence-corrected chi connectivity index (χ3v) is 3.55. The smallest absolute Gasteiger partial charge is 0.166 e. The zero-order valence-electron chi connectivity index (χ0n) is 11.3. The normalized spacial score (nSPS) is 10.9. The fraction of sp³-hybridized carbons (Fsp3) is 0.143. The van der Waals surface area contributed by atoms with Crippen molar-refractivity contribution in [2.75, 3.05) is 14.2 Å². The van der Waals surface area contributed by atoms with Crippen molar-refractivity contribution in [3.05, 3.63) is 40.8 Å². The van der Waals surface area contributed by atoms with Crippen molar-refractivity contribution in [2.24, 2.45) is 0 Å². The molecule has 0 spiro atoms. The maximum absolute atomic E-state index is 6.10. The van der Waals surface area contributed by atoms with E-state index < -0.39 is 0 Å².